The van der Waals surface area contributed by atoms with Crippen LogP contribution in [-0.2, 0) is 23.2 Å². The fourth-order valence-corrected chi connectivity index (χ4v) is 4.55. The van der Waals surface area contributed by atoms with Crippen molar-refractivity contribution in [2.24, 2.45) is 7.05 Å². The Labute approximate surface area is 177 Å². The van der Waals surface area contributed by atoms with E-state index in [4.69, 9.17) is 0 Å². The minimum absolute atomic E-state index is 0.176. The molecule has 30 heavy (non-hydrogen) atoms. The van der Waals surface area contributed by atoms with E-state index >= 15 is 0 Å². The summed E-state index contributed by atoms with van der Waals surface area (Å²) in [5.74, 6) is 0.385. The molecule has 1 fully saturated rings. The Kier molecular flexibility index (Phi) is 5.33. The van der Waals surface area contributed by atoms with Gasteiger partial charge in [-0.15, -0.1) is 11.8 Å². The Morgan fingerprint density at radius 1 is 1.27 bits per heavy atom. The molecule has 2 amide bonds. The van der Waals surface area contributed by atoms with E-state index in [-0.39, 0.29) is 23.9 Å². The number of nitrogens with zero attached hydrogens (tertiary/aromatic N) is 5. The lowest BCUT2D eigenvalue weighted by atomic mass is 10.1. The van der Waals surface area contributed by atoms with Crippen LogP contribution in [0, 0.1) is 13.8 Å². The standard InChI is InChI=1S/C20H22N6O3S/c1-12-4-5-14(6-13(12)2)23-19(28)16-9-30-11-26(16)17(27)8-25-10-21-18-15(20(25)29)7-22-24(18)3/h4-7,10,16H,8-9,11H2,1-3H3,(H,23,28). The number of thioether (sulfide) groups is 1. The summed E-state index contributed by atoms with van der Waals surface area (Å²) in [5.41, 5.74) is 3.07. The van der Waals surface area contributed by atoms with Crippen molar-refractivity contribution >= 4 is 40.3 Å². The number of benzene rings is 1. The first-order valence-electron chi connectivity index (χ1n) is 9.47. The number of hydrogen-bond acceptors (Lipinski definition) is 6. The summed E-state index contributed by atoms with van der Waals surface area (Å²) in [4.78, 5) is 44.1. The number of fused-ring (bicyclic) bond motifs is 1. The highest BCUT2D eigenvalue weighted by Gasteiger charge is 2.34. The summed E-state index contributed by atoms with van der Waals surface area (Å²) in [7, 11) is 1.70. The number of hydrogen-bond donors (Lipinski definition) is 1. The first-order chi connectivity index (χ1) is 14.3. The molecule has 10 heteroatoms. The Bertz CT molecular complexity index is 1200. The van der Waals surface area contributed by atoms with Gasteiger partial charge in [0.15, 0.2) is 5.65 Å². The van der Waals surface area contributed by atoms with Crippen molar-refractivity contribution in [3.05, 3.63) is 52.2 Å². The van der Waals surface area contributed by atoms with Gasteiger partial charge in [-0.25, -0.2) is 4.98 Å². The van der Waals surface area contributed by atoms with E-state index < -0.39 is 6.04 Å². The van der Waals surface area contributed by atoms with Gasteiger partial charge >= 0.3 is 0 Å². The van der Waals surface area contributed by atoms with E-state index in [2.05, 4.69) is 15.4 Å². The maximum absolute atomic E-state index is 12.9. The van der Waals surface area contributed by atoms with Crippen LogP contribution in [0.2, 0.25) is 0 Å². The van der Waals surface area contributed by atoms with Gasteiger partial charge in [-0.1, -0.05) is 6.07 Å². The average molecular weight is 427 g/mol. The van der Waals surface area contributed by atoms with E-state index in [1.54, 1.807) is 7.05 Å². The molecule has 1 saturated heterocycles. The Morgan fingerprint density at radius 3 is 2.83 bits per heavy atom. The summed E-state index contributed by atoms with van der Waals surface area (Å²) in [6.07, 6.45) is 2.79. The fraction of sp³-hybridized carbons (Fsp3) is 0.350. The number of rotatable bonds is 4. The van der Waals surface area contributed by atoms with Gasteiger partial charge in [0.1, 0.15) is 24.3 Å². The van der Waals surface area contributed by atoms with Gasteiger partial charge in [0, 0.05) is 18.5 Å². The van der Waals surface area contributed by atoms with Crippen molar-refractivity contribution in [3.63, 3.8) is 0 Å². The predicted molar refractivity (Wildman–Crippen MR) is 115 cm³/mol. The van der Waals surface area contributed by atoms with Gasteiger partial charge in [-0.2, -0.15) is 5.10 Å². The van der Waals surface area contributed by atoms with Crippen LogP contribution in [0.15, 0.2) is 35.5 Å². The number of carbonyl (C=O) groups excluding carboxylic acids is 2. The monoisotopic (exact) mass is 426 g/mol. The minimum atomic E-state index is -0.588. The van der Waals surface area contributed by atoms with Crippen LogP contribution in [0.3, 0.4) is 0 Å². The lowest BCUT2D eigenvalue weighted by Gasteiger charge is -2.23. The first kappa shape index (κ1) is 20.1. The molecule has 0 aliphatic carbocycles. The smallest absolute Gasteiger partial charge is 0.264 e. The zero-order valence-electron chi connectivity index (χ0n) is 17.0. The third kappa shape index (κ3) is 3.70. The highest BCUT2D eigenvalue weighted by molar-refractivity contribution is 7.99. The van der Waals surface area contributed by atoms with Crippen molar-refractivity contribution in [2.75, 3.05) is 16.9 Å². The van der Waals surface area contributed by atoms with Gasteiger partial charge in [0.25, 0.3) is 5.56 Å². The molecular weight excluding hydrogens is 404 g/mol. The van der Waals surface area contributed by atoms with E-state index in [1.165, 1.54) is 38.4 Å². The number of amides is 2. The van der Waals surface area contributed by atoms with Crippen LogP contribution in [0.1, 0.15) is 11.1 Å². The number of anilines is 1. The summed E-state index contributed by atoms with van der Waals surface area (Å²) in [6, 6.07) is 5.12. The number of aryl methyl sites for hydroxylation is 3. The zero-order valence-corrected chi connectivity index (χ0v) is 17.8. The minimum Gasteiger partial charge on any atom is -0.324 e. The second kappa shape index (κ2) is 7.94. The second-order valence-electron chi connectivity index (χ2n) is 7.35. The van der Waals surface area contributed by atoms with Gasteiger partial charge in [0.05, 0.1) is 12.1 Å². The molecule has 3 heterocycles. The molecule has 1 aromatic carbocycles. The Balaban J connectivity index is 1.49. The van der Waals surface area contributed by atoms with Gasteiger partial charge < -0.3 is 10.2 Å². The van der Waals surface area contributed by atoms with Crippen LogP contribution >= 0.6 is 11.8 Å². The molecule has 156 valence electrons. The summed E-state index contributed by atoms with van der Waals surface area (Å²) in [6.45, 7) is 3.82. The molecule has 0 radical (unpaired) electrons. The van der Waals surface area contributed by atoms with E-state index in [9.17, 15) is 14.4 Å². The van der Waals surface area contributed by atoms with E-state index in [0.29, 0.717) is 28.4 Å². The third-order valence-electron chi connectivity index (χ3n) is 5.30. The lowest BCUT2D eigenvalue weighted by molar-refractivity contribution is -0.136. The fourth-order valence-electron chi connectivity index (χ4n) is 3.37. The number of carbonyl (C=O) groups is 2. The molecule has 1 N–H and O–H groups in total. The largest absolute Gasteiger partial charge is 0.324 e. The molecule has 0 spiro atoms. The molecule has 1 unspecified atom stereocenters. The molecule has 1 aliphatic rings. The first-order valence-corrected chi connectivity index (χ1v) is 10.6. The van der Waals surface area contributed by atoms with Gasteiger partial charge in [-0.05, 0) is 37.1 Å². The predicted octanol–water partition coefficient (Wildman–Crippen LogP) is 1.29. The van der Waals surface area contributed by atoms with Crippen LogP contribution < -0.4 is 10.9 Å². The second-order valence-corrected chi connectivity index (χ2v) is 8.35. The maximum Gasteiger partial charge on any atom is 0.264 e. The highest BCUT2D eigenvalue weighted by Crippen LogP contribution is 2.23. The third-order valence-corrected chi connectivity index (χ3v) is 6.32. The summed E-state index contributed by atoms with van der Waals surface area (Å²) < 4.78 is 2.76. The topological polar surface area (TPSA) is 102 Å². The van der Waals surface area contributed by atoms with Crippen LogP contribution in [-0.4, -0.2) is 53.7 Å². The van der Waals surface area contributed by atoms with Crippen LogP contribution in [0.5, 0.6) is 0 Å². The quantitative estimate of drug-likeness (QED) is 0.675. The molecule has 3 aromatic rings. The van der Waals surface area contributed by atoms with Crippen LogP contribution in [0.25, 0.3) is 11.0 Å². The molecule has 4 rings (SSSR count). The maximum atomic E-state index is 12.9. The van der Waals surface area contributed by atoms with Crippen molar-refractivity contribution < 1.29 is 9.59 Å². The Morgan fingerprint density at radius 2 is 2.07 bits per heavy atom. The van der Waals surface area contributed by atoms with Gasteiger partial charge in [0.2, 0.25) is 11.8 Å². The summed E-state index contributed by atoms with van der Waals surface area (Å²) in [5, 5.41) is 7.29. The molecular formula is C20H22N6O3S. The van der Waals surface area contributed by atoms with Crippen molar-refractivity contribution in [1.29, 1.82) is 0 Å². The Hall–Kier alpha value is -3.14. The van der Waals surface area contributed by atoms with Crippen molar-refractivity contribution in [2.45, 2.75) is 26.4 Å². The van der Waals surface area contributed by atoms with E-state index in [1.807, 2.05) is 32.0 Å². The molecule has 1 atom stereocenters. The average Bonchev–Trinajstić information content (AvgIpc) is 3.34. The van der Waals surface area contributed by atoms with E-state index in [0.717, 1.165) is 11.1 Å². The number of nitrogens with one attached hydrogen (secondary N) is 1. The SMILES string of the molecule is Cc1ccc(NC(=O)C2CSCN2C(=O)Cn2cnc3c(cnn3C)c2=O)cc1C. The molecule has 0 saturated carbocycles. The molecule has 2 aromatic heterocycles. The number of aromatic nitrogens is 4. The zero-order chi connectivity index (χ0) is 21.4. The molecule has 0 bridgehead atoms. The molecule has 9 nitrogen and oxygen atoms in total. The highest BCUT2D eigenvalue weighted by atomic mass is 32.2. The van der Waals surface area contributed by atoms with Gasteiger partial charge in [-0.3, -0.25) is 23.6 Å². The lowest BCUT2D eigenvalue weighted by Crippen LogP contribution is -2.46. The summed E-state index contributed by atoms with van der Waals surface area (Å²) >= 11 is 1.51. The van der Waals surface area contributed by atoms with Crippen molar-refractivity contribution in [1.82, 2.24) is 24.2 Å². The van der Waals surface area contributed by atoms with Crippen LogP contribution in [0.4, 0.5) is 5.69 Å². The van der Waals surface area contributed by atoms with Crippen molar-refractivity contribution in [3.8, 4) is 0 Å². The molecule has 1 aliphatic heterocycles. The normalized spacial score (nSPS) is 16.2.